The Morgan fingerprint density at radius 1 is 1.12 bits per heavy atom. The third-order valence-electron chi connectivity index (χ3n) is 5.32. The van der Waals surface area contributed by atoms with Crippen LogP contribution in [-0.4, -0.2) is 49.9 Å². The molecule has 2 unspecified atom stereocenters. The number of ether oxygens (including phenoxy) is 3. The van der Waals surface area contributed by atoms with Gasteiger partial charge in [-0.15, -0.1) is 0 Å². The molecule has 0 amide bonds. The lowest BCUT2D eigenvalue weighted by molar-refractivity contribution is -0.363. The van der Waals surface area contributed by atoms with Crippen molar-refractivity contribution in [3.05, 3.63) is 0 Å². The first-order valence-corrected chi connectivity index (χ1v) is 8.30. The van der Waals surface area contributed by atoms with Crippen LogP contribution in [0.2, 0.25) is 0 Å². The summed E-state index contributed by atoms with van der Waals surface area (Å²) in [5, 5.41) is 10.0. The minimum absolute atomic E-state index is 0.137. The largest absolute Gasteiger partial charge is 0.542 e. The number of carboxylic acids is 1. The number of carbonyl (C=O) groups is 2. The van der Waals surface area contributed by atoms with E-state index in [1.807, 2.05) is 0 Å². The molecule has 4 rings (SSSR count). The smallest absolute Gasteiger partial charge is 0.397 e. The second kappa shape index (κ2) is 6.65. The van der Waals surface area contributed by atoms with Gasteiger partial charge >= 0.3 is 6.11 Å². The molecule has 136 valence electrons. The number of ketones is 1. The van der Waals surface area contributed by atoms with Crippen LogP contribution < -0.4 is 5.11 Å². The number of rotatable bonds is 9. The van der Waals surface area contributed by atoms with Crippen molar-refractivity contribution in [2.45, 2.75) is 43.8 Å². The highest BCUT2D eigenvalue weighted by atomic mass is 19.3. The van der Waals surface area contributed by atoms with E-state index in [4.69, 9.17) is 9.47 Å². The zero-order valence-corrected chi connectivity index (χ0v) is 13.3. The molecular weight excluding hydrogens is 326 g/mol. The van der Waals surface area contributed by atoms with Crippen LogP contribution in [-0.2, 0) is 23.8 Å². The number of carboxylic acid groups (broad SMARTS) is 1. The summed E-state index contributed by atoms with van der Waals surface area (Å²) >= 11 is 0. The van der Waals surface area contributed by atoms with E-state index in [-0.39, 0.29) is 30.7 Å². The highest BCUT2D eigenvalue weighted by molar-refractivity contribution is 5.85. The fraction of sp³-hybridized carbons (Fsp3) is 0.875. The van der Waals surface area contributed by atoms with Crippen LogP contribution in [0, 0.1) is 17.8 Å². The Hall–Kier alpha value is -1.12. The van der Waals surface area contributed by atoms with Gasteiger partial charge in [-0.05, 0) is 38.0 Å². The third kappa shape index (κ3) is 3.60. The lowest BCUT2D eigenvalue weighted by Crippen LogP contribution is -2.56. The molecular formula is C16H21F2O6-. The van der Waals surface area contributed by atoms with Gasteiger partial charge in [0, 0.05) is 11.8 Å². The summed E-state index contributed by atoms with van der Waals surface area (Å²) in [5.74, 6) is -1.33. The van der Waals surface area contributed by atoms with Crippen LogP contribution in [0.25, 0.3) is 0 Å². The quantitative estimate of drug-likeness (QED) is 0.566. The Kier molecular flexibility index (Phi) is 4.90. The first kappa shape index (κ1) is 17.7. The highest BCUT2D eigenvalue weighted by Gasteiger charge is 2.55. The summed E-state index contributed by atoms with van der Waals surface area (Å²) in [7, 11) is 0. The second-order valence-electron chi connectivity index (χ2n) is 7.04. The Balaban J connectivity index is 1.33. The lowest BCUT2D eigenvalue weighted by atomic mass is 9.53. The molecule has 4 fully saturated rings. The number of aliphatic carboxylic acids is 1. The minimum atomic E-state index is -4.30. The summed E-state index contributed by atoms with van der Waals surface area (Å²) in [6.45, 7) is -0.189. The molecule has 4 bridgehead atoms. The van der Waals surface area contributed by atoms with Gasteiger partial charge in [0.2, 0.25) is 0 Å². The van der Waals surface area contributed by atoms with Gasteiger partial charge in [0.1, 0.15) is 11.8 Å². The van der Waals surface area contributed by atoms with Crippen molar-refractivity contribution in [1.29, 1.82) is 0 Å². The van der Waals surface area contributed by atoms with E-state index in [9.17, 15) is 23.5 Å². The van der Waals surface area contributed by atoms with E-state index < -0.39 is 18.7 Å². The van der Waals surface area contributed by atoms with Gasteiger partial charge in [-0.3, -0.25) is 4.79 Å². The summed E-state index contributed by atoms with van der Waals surface area (Å²) < 4.78 is 40.2. The van der Waals surface area contributed by atoms with Crippen molar-refractivity contribution in [2.24, 2.45) is 17.8 Å². The summed E-state index contributed by atoms with van der Waals surface area (Å²) in [5.41, 5.74) is -0.230. The Morgan fingerprint density at radius 3 is 2.38 bits per heavy atom. The predicted molar refractivity (Wildman–Crippen MR) is 74.0 cm³/mol. The molecule has 6 nitrogen and oxygen atoms in total. The normalized spacial score (nSPS) is 34.8. The Bertz CT molecular complexity index is 491. The fourth-order valence-corrected chi connectivity index (χ4v) is 4.56. The average Bonchev–Trinajstić information content (AvgIpc) is 2.50. The maximum absolute atomic E-state index is 12.6. The molecule has 0 saturated heterocycles. The van der Waals surface area contributed by atoms with Crippen LogP contribution >= 0.6 is 0 Å². The van der Waals surface area contributed by atoms with E-state index in [0.29, 0.717) is 18.3 Å². The number of halogens is 2. The average molecular weight is 347 g/mol. The van der Waals surface area contributed by atoms with E-state index >= 15 is 0 Å². The van der Waals surface area contributed by atoms with Crippen molar-refractivity contribution in [3.8, 4) is 0 Å². The molecule has 0 radical (unpaired) electrons. The van der Waals surface area contributed by atoms with Gasteiger partial charge < -0.3 is 24.1 Å². The fourth-order valence-electron chi connectivity index (χ4n) is 4.56. The topological polar surface area (TPSA) is 84.9 Å². The van der Waals surface area contributed by atoms with E-state index in [1.165, 1.54) is 0 Å². The molecule has 0 aromatic rings. The zero-order chi connectivity index (χ0) is 17.4. The second-order valence-corrected chi connectivity index (χ2v) is 7.04. The number of carbonyl (C=O) groups excluding carboxylic acids is 2. The molecule has 2 atom stereocenters. The third-order valence-corrected chi connectivity index (χ3v) is 5.32. The molecule has 8 heteroatoms. The highest BCUT2D eigenvalue weighted by Crippen LogP contribution is 2.55. The van der Waals surface area contributed by atoms with Crippen molar-refractivity contribution < 1.29 is 37.7 Å². The predicted octanol–water partition coefficient (Wildman–Crippen LogP) is 0.527. The van der Waals surface area contributed by atoms with Crippen molar-refractivity contribution in [1.82, 2.24) is 0 Å². The van der Waals surface area contributed by atoms with E-state index in [2.05, 4.69) is 4.74 Å². The standard InChI is InChI=1S/C16H22F2O6/c17-16(18,14(20)21)24-4-2-22-1-3-23-15-7-10-5-11(8-15)13(19)12(6-10)9-15/h10-12H,1-9H2,(H,20,21)/p-1. The molecule has 4 aliphatic carbocycles. The van der Waals surface area contributed by atoms with Gasteiger partial charge in [0.15, 0.2) is 0 Å². The van der Waals surface area contributed by atoms with Crippen LogP contribution in [0.5, 0.6) is 0 Å². The van der Waals surface area contributed by atoms with Crippen LogP contribution in [0.4, 0.5) is 8.78 Å². The summed E-state index contributed by atoms with van der Waals surface area (Å²) in [6.07, 6.45) is 0.210. The number of alkyl halides is 2. The van der Waals surface area contributed by atoms with Crippen LogP contribution in [0.3, 0.4) is 0 Å². The zero-order valence-electron chi connectivity index (χ0n) is 13.3. The lowest BCUT2D eigenvalue weighted by Gasteiger charge is -2.55. The SMILES string of the molecule is O=C1C2CC3CC1CC(OCCOCCOC(F)(F)C(=O)[O-])(C3)C2. The number of Topliss-reactive ketones (excluding diaryl/α,β-unsaturated/α-hetero) is 1. The summed E-state index contributed by atoms with van der Waals surface area (Å²) in [6, 6.07) is 0. The maximum Gasteiger partial charge on any atom is 0.397 e. The molecule has 4 saturated carbocycles. The molecule has 4 aliphatic rings. The van der Waals surface area contributed by atoms with E-state index in [0.717, 1.165) is 32.1 Å². The molecule has 0 heterocycles. The molecule has 24 heavy (non-hydrogen) atoms. The van der Waals surface area contributed by atoms with Gasteiger partial charge in [-0.25, -0.2) is 0 Å². The van der Waals surface area contributed by atoms with Crippen LogP contribution in [0.1, 0.15) is 32.1 Å². The molecule has 0 aromatic heterocycles. The first-order chi connectivity index (χ1) is 11.3. The van der Waals surface area contributed by atoms with Crippen molar-refractivity contribution >= 4 is 11.8 Å². The maximum atomic E-state index is 12.6. The number of hydrogen-bond donors (Lipinski definition) is 0. The van der Waals surface area contributed by atoms with Crippen molar-refractivity contribution in [2.75, 3.05) is 26.4 Å². The van der Waals surface area contributed by atoms with Gasteiger partial charge in [-0.2, -0.15) is 8.78 Å². The van der Waals surface area contributed by atoms with Gasteiger partial charge in [-0.1, -0.05) is 0 Å². The molecule has 0 aliphatic heterocycles. The van der Waals surface area contributed by atoms with Crippen LogP contribution in [0.15, 0.2) is 0 Å². The van der Waals surface area contributed by atoms with Crippen molar-refractivity contribution in [3.63, 3.8) is 0 Å². The Labute approximate surface area is 138 Å². The molecule has 0 aromatic carbocycles. The minimum Gasteiger partial charge on any atom is -0.542 e. The van der Waals surface area contributed by atoms with Gasteiger partial charge in [0.25, 0.3) is 0 Å². The van der Waals surface area contributed by atoms with E-state index in [1.54, 1.807) is 0 Å². The monoisotopic (exact) mass is 347 g/mol. The number of hydrogen-bond acceptors (Lipinski definition) is 6. The van der Waals surface area contributed by atoms with Gasteiger partial charge in [0.05, 0.1) is 32.0 Å². The summed E-state index contributed by atoms with van der Waals surface area (Å²) in [4.78, 5) is 22.1. The molecule has 0 spiro atoms. The molecule has 0 N–H and O–H groups in total. The Morgan fingerprint density at radius 2 is 1.75 bits per heavy atom. The first-order valence-electron chi connectivity index (χ1n) is 8.30.